The first-order valence-corrected chi connectivity index (χ1v) is 8.54. The Morgan fingerprint density at radius 1 is 1.26 bits per heavy atom. The van der Waals surface area contributed by atoms with Crippen molar-refractivity contribution in [3.05, 3.63) is 58.1 Å². The Morgan fingerprint density at radius 3 is 2.56 bits per heavy atom. The Kier molecular flexibility index (Phi) is 6.79. The lowest BCUT2D eigenvalue weighted by atomic mass is 10.1. The van der Waals surface area contributed by atoms with Gasteiger partial charge in [-0.15, -0.1) is 0 Å². The normalized spacial score (nSPS) is 10.9. The number of aliphatic carboxylic acids is 1. The zero-order chi connectivity index (χ0) is 20.1. The molecule has 6 nitrogen and oxygen atoms in total. The molecule has 0 aliphatic carbocycles. The van der Waals surface area contributed by atoms with Gasteiger partial charge >= 0.3 is 5.97 Å². The molecule has 9 heteroatoms. The highest BCUT2D eigenvalue weighted by molar-refractivity contribution is 6.33. The van der Waals surface area contributed by atoms with E-state index in [2.05, 4.69) is 9.97 Å². The molecular formula is C18H18ClF2N3O3. The van der Waals surface area contributed by atoms with Gasteiger partial charge in [0.2, 0.25) is 0 Å². The molecule has 1 N–H and O–H groups in total. The summed E-state index contributed by atoms with van der Waals surface area (Å²) in [6.45, 7) is 3.42. The van der Waals surface area contributed by atoms with Crippen molar-refractivity contribution in [2.75, 3.05) is 6.54 Å². The molecule has 0 unspecified atom stereocenters. The van der Waals surface area contributed by atoms with Gasteiger partial charge in [-0.1, -0.05) is 31.5 Å². The maximum absolute atomic E-state index is 13.5. The molecule has 0 bridgehead atoms. The van der Waals surface area contributed by atoms with E-state index in [-0.39, 0.29) is 36.1 Å². The Hall–Kier alpha value is -2.61. The van der Waals surface area contributed by atoms with Gasteiger partial charge in [-0.2, -0.15) is 0 Å². The molecule has 2 rings (SSSR count). The molecule has 144 valence electrons. The third kappa shape index (κ3) is 5.43. The number of hydrogen-bond donors (Lipinski definition) is 1. The number of rotatable bonds is 7. The minimum Gasteiger partial charge on any atom is -0.481 e. The van der Waals surface area contributed by atoms with Gasteiger partial charge in [0.15, 0.2) is 17.3 Å². The Bertz CT molecular complexity index is 862. The van der Waals surface area contributed by atoms with Crippen molar-refractivity contribution in [2.24, 2.45) is 0 Å². The Morgan fingerprint density at radius 2 is 1.96 bits per heavy atom. The lowest BCUT2D eigenvalue weighted by Gasteiger charge is -2.22. The molecule has 0 aliphatic rings. The summed E-state index contributed by atoms with van der Waals surface area (Å²) in [5.41, 5.74) is 0.241. The summed E-state index contributed by atoms with van der Waals surface area (Å²) >= 11 is 6.05. The van der Waals surface area contributed by atoms with E-state index in [1.54, 1.807) is 0 Å². The number of benzene rings is 1. The van der Waals surface area contributed by atoms with Crippen LogP contribution in [0.3, 0.4) is 0 Å². The van der Waals surface area contributed by atoms with Crippen molar-refractivity contribution in [3.8, 4) is 0 Å². The molecule has 0 spiro atoms. The predicted molar refractivity (Wildman–Crippen MR) is 94.5 cm³/mol. The molecular weight excluding hydrogens is 380 g/mol. The lowest BCUT2D eigenvalue weighted by molar-refractivity contribution is -0.137. The first-order valence-electron chi connectivity index (χ1n) is 8.16. The summed E-state index contributed by atoms with van der Waals surface area (Å²) in [6, 6.07) is 3.22. The molecule has 27 heavy (non-hydrogen) atoms. The molecule has 2 aromatic rings. The van der Waals surface area contributed by atoms with Crippen LogP contribution in [-0.2, 0) is 11.3 Å². The standard InChI is InChI=1S/C18H18ClF2N3O3/c1-10(2)17-22-8-12(19)16(23-17)18(27)24(6-5-15(25)26)9-11-3-4-13(20)14(21)7-11/h3-4,7-8,10H,5-6,9H2,1-2H3,(H,25,26). The average molecular weight is 398 g/mol. The van der Waals surface area contributed by atoms with E-state index < -0.39 is 23.5 Å². The van der Waals surface area contributed by atoms with E-state index in [9.17, 15) is 18.4 Å². The van der Waals surface area contributed by atoms with E-state index in [0.717, 1.165) is 12.1 Å². The largest absolute Gasteiger partial charge is 0.481 e. The summed E-state index contributed by atoms with van der Waals surface area (Å²) in [4.78, 5) is 33.2. The highest BCUT2D eigenvalue weighted by Crippen LogP contribution is 2.20. The highest BCUT2D eigenvalue weighted by atomic mass is 35.5. The third-order valence-electron chi connectivity index (χ3n) is 3.72. The number of carbonyl (C=O) groups is 2. The van der Waals surface area contributed by atoms with Crippen LogP contribution in [0.15, 0.2) is 24.4 Å². The van der Waals surface area contributed by atoms with Crippen LogP contribution in [-0.4, -0.2) is 38.4 Å². The van der Waals surface area contributed by atoms with Crippen LogP contribution in [0, 0.1) is 11.6 Å². The number of carboxylic acid groups (broad SMARTS) is 1. The number of hydrogen-bond acceptors (Lipinski definition) is 4. The molecule has 0 saturated heterocycles. The van der Waals surface area contributed by atoms with E-state index in [1.807, 2.05) is 13.8 Å². The Labute approximate surface area is 159 Å². The Balaban J connectivity index is 2.34. The highest BCUT2D eigenvalue weighted by Gasteiger charge is 2.23. The van der Waals surface area contributed by atoms with Gasteiger partial charge in [-0.3, -0.25) is 9.59 Å². The maximum atomic E-state index is 13.5. The third-order valence-corrected chi connectivity index (χ3v) is 4.00. The molecule has 0 aliphatic heterocycles. The van der Waals surface area contributed by atoms with Crippen molar-refractivity contribution in [3.63, 3.8) is 0 Å². The fourth-order valence-electron chi connectivity index (χ4n) is 2.30. The molecule has 1 aromatic heterocycles. The van der Waals surface area contributed by atoms with E-state index in [4.69, 9.17) is 16.7 Å². The minimum atomic E-state index is -1.10. The number of halogens is 3. The van der Waals surface area contributed by atoms with Crippen molar-refractivity contribution in [1.82, 2.24) is 14.9 Å². The van der Waals surface area contributed by atoms with Crippen LogP contribution in [0.2, 0.25) is 5.02 Å². The zero-order valence-corrected chi connectivity index (χ0v) is 15.5. The summed E-state index contributed by atoms with van der Waals surface area (Å²) < 4.78 is 26.6. The van der Waals surface area contributed by atoms with Gasteiger partial charge in [-0.05, 0) is 17.7 Å². The minimum absolute atomic E-state index is 0.0232. The maximum Gasteiger partial charge on any atom is 0.305 e. The van der Waals surface area contributed by atoms with Crippen LogP contribution in [0.4, 0.5) is 8.78 Å². The van der Waals surface area contributed by atoms with E-state index in [0.29, 0.717) is 11.4 Å². The zero-order valence-electron chi connectivity index (χ0n) is 14.7. The monoisotopic (exact) mass is 397 g/mol. The SMILES string of the molecule is CC(C)c1ncc(Cl)c(C(=O)N(CCC(=O)O)Cc2ccc(F)c(F)c2)n1. The molecule has 1 aromatic carbocycles. The van der Waals surface area contributed by atoms with Crippen LogP contribution in [0.5, 0.6) is 0 Å². The first kappa shape index (κ1) is 20.7. The van der Waals surface area contributed by atoms with Gasteiger partial charge in [-0.25, -0.2) is 18.7 Å². The predicted octanol–water partition coefficient (Wildman–Crippen LogP) is 3.65. The van der Waals surface area contributed by atoms with Crippen LogP contribution >= 0.6 is 11.6 Å². The molecule has 0 fully saturated rings. The first-order chi connectivity index (χ1) is 12.7. The molecule has 1 amide bonds. The molecule has 1 heterocycles. The van der Waals surface area contributed by atoms with Gasteiger partial charge < -0.3 is 10.0 Å². The molecule has 0 saturated carbocycles. The van der Waals surface area contributed by atoms with E-state index >= 15 is 0 Å². The van der Waals surface area contributed by atoms with Crippen molar-refractivity contribution < 1.29 is 23.5 Å². The summed E-state index contributed by atoms with van der Waals surface area (Å²) in [7, 11) is 0. The number of amides is 1. The molecule has 0 radical (unpaired) electrons. The quantitative estimate of drug-likeness (QED) is 0.771. The van der Waals surface area contributed by atoms with Gasteiger partial charge in [0, 0.05) is 19.0 Å². The van der Waals surface area contributed by atoms with Crippen LogP contribution < -0.4 is 0 Å². The second kappa shape index (κ2) is 8.85. The van der Waals surface area contributed by atoms with Crippen molar-refractivity contribution in [1.29, 1.82) is 0 Å². The smallest absolute Gasteiger partial charge is 0.305 e. The number of carboxylic acids is 1. The average Bonchev–Trinajstić information content (AvgIpc) is 2.61. The second-order valence-electron chi connectivity index (χ2n) is 6.20. The molecule has 0 atom stereocenters. The van der Waals surface area contributed by atoms with Gasteiger partial charge in [0.05, 0.1) is 17.6 Å². The van der Waals surface area contributed by atoms with Gasteiger partial charge in [0.25, 0.3) is 5.91 Å². The van der Waals surface area contributed by atoms with E-state index in [1.165, 1.54) is 17.2 Å². The number of nitrogens with zero attached hydrogens (tertiary/aromatic N) is 3. The fourth-order valence-corrected chi connectivity index (χ4v) is 2.47. The number of carbonyl (C=O) groups excluding carboxylic acids is 1. The fraction of sp³-hybridized carbons (Fsp3) is 0.333. The van der Waals surface area contributed by atoms with Crippen LogP contribution in [0.1, 0.15) is 48.1 Å². The lowest BCUT2D eigenvalue weighted by Crippen LogP contribution is -2.33. The summed E-state index contributed by atoms with van der Waals surface area (Å²) in [5.74, 6) is -3.42. The van der Waals surface area contributed by atoms with Crippen molar-refractivity contribution >= 4 is 23.5 Å². The number of aromatic nitrogens is 2. The van der Waals surface area contributed by atoms with Crippen molar-refractivity contribution in [2.45, 2.75) is 32.7 Å². The topological polar surface area (TPSA) is 83.4 Å². The second-order valence-corrected chi connectivity index (χ2v) is 6.61. The van der Waals surface area contributed by atoms with Crippen LogP contribution in [0.25, 0.3) is 0 Å². The summed E-state index contributed by atoms with van der Waals surface area (Å²) in [6.07, 6.45) is 0.985. The summed E-state index contributed by atoms with van der Waals surface area (Å²) in [5, 5.41) is 8.96. The van der Waals surface area contributed by atoms with Gasteiger partial charge in [0.1, 0.15) is 5.82 Å².